The lowest BCUT2D eigenvalue weighted by Crippen LogP contribution is -2.02. The van der Waals surface area contributed by atoms with Crippen LogP contribution < -0.4 is 5.32 Å². The van der Waals surface area contributed by atoms with E-state index in [0.29, 0.717) is 17.5 Å². The molecule has 1 aliphatic rings. The molecule has 12 rings (SSSR count). The summed E-state index contributed by atoms with van der Waals surface area (Å²) in [5.41, 5.74) is 10.3. The van der Waals surface area contributed by atoms with Gasteiger partial charge in [0.25, 0.3) is 0 Å². The molecule has 0 aliphatic carbocycles. The molecule has 1 aliphatic heterocycles. The first-order valence-electron chi connectivity index (χ1n) is 18.9. The maximum atomic E-state index is 6.76. The maximum Gasteiger partial charge on any atom is 0.167 e. The Hall–Kier alpha value is -7.22. The van der Waals surface area contributed by atoms with Crippen LogP contribution in [-0.2, 0) is 0 Å². The smallest absolute Gasteiger partial charge is 0.167 e. The highest BCUT2D eigenvalue weighted by molar-refractivity contribution is 8.00. The zero-order valence-electron chi connectivity index (χ0n) is 30.3. The monoisotopic (exact) mass is 750 g/mol. The lowest BCUT2D eigenvalue weighted by atomic mass is 9.95. The Kier molecular flexibility index (Phi) is 7.12. The fourth-order valence-electron chi connectivity index (χ4n) is 8.25. The predicted octanol–water partition coefficient (Wildman–Crippen LogP) is 13.7. The molecule has 57 heavy (non-hydrogen) atoms. The van der Waals surface area contributed by atoms with Gasteiger partial charge < -0.3 is 14.2 Å². The van der Waals surface area contributed by atoms with Gasteiger partial charge in [0.05, 0.1) is 11.3 Å². The number of anilines is 1. The minimum absolute atomic E-state index is 0.0486. The summed E-state index contributed by atoms with van der Waals surface area (Å²) in [5.74, 6) is 1.72. The number of thioether (sulfide) groups is 1. The van der Waals surface area contributed by atoms with Gasteiger partial charge in [-0.3, -0.25) is 0 Å². The number of furan rings is 2. The van der Waals surface area contributed by atoms with E-state index in [1.54, 1.807) is 11.8 Å². The van der Waals surface area contributed by atoms with Crippen LogP contribution in [0.5, 0.6) is 0 Å². The third-order valence-electron chi connectivity index (χ3n) is 10.9. The summed E-state index contributed by atoms with van der Waals surface area (Å²) in [5, 5.41) is 10.4. The van der Waals surface area contributed by atoms with E-state index in [0.717, 1.165) is 93.2 Å². The van der Waals surface area contributed by atoms with Crippen LogP contribution in [0.4, 0.5) is 5.69 Å². The van der Waals surface area contributed by atoms with E-state index in [1.807, 2.05) is 60.7 Å². The Morgan fingerprint density at radius 1 is 0.456 bits per heavy atom. The molecule has 1 unspecified atom stereocenters. The molecule has 0 radical (unpaired) electrons. The molecule has 1 atom stereocenters. The van der Waals surface area contributed by atoms with Crippen molar-refractivity contribution in [2.75, 3.05) is 5.32 Å². The SMILES string of the molecule is c1ccc(-c2nc(-c3cc(-c4ccccc4)c4ccccc4c3)nc(-c3cc4c(c5c3oc3ccccc35)SC(c3ccc5c(c3)oc3ccccc35)N4)n2)cc1. The second-order valence-electron chi connectivity index (χ2n) is 14.4. The van der Waals surface area contributed by atoms with E-state index < -0.39 is 0 Å². The zero-order valence-corrected chi connectivity index (χ0v) is 31.1. The van der Waals surface area contributed by atoms with Crippen LogP contribution in [-0.4, -0.2) is 15.0 Å². The van der Waals surface area contributed by atoms with Gasteiger partial charge in [-0.2, -0.15) is 0 Å². The van der Waals surface area contributed by atoms with Crippen LogP contribution in [0.3, 0.4) is 0 Å². The normalized spacial score (nSPS) is 13.9. The van der Waals surface area contributed by atoms with Crippen molar-refractivity contribution in [2.45, 2.75) is 10.3 Å². The molecule has 0 fully saturated rings. The van der Waals surface area contributed by atoms with E-state index in [-0.39, 0.29) is 5.37 Å². The topological polar surface area (TPSA) is 77.0 Å². The van der Waals surface area contributed by atoms with Crippen molar-refractivity contribution < 1.29 is 8.83 Å². The first-order chi connectivity index (χ1) is 28.2. The highest BCUT2D eigenvalue weighted by Crippen LogP contribution is 2.54. The van der Waals surface area contributed by atoms with Crippen LogP contribution in [0, 0.1) is 0 Å². The van der Waals surface area contributed by atoms with Crippen LogP contribution in [0.1, 0.15) is 10.9 Å². The predicted molar refractivity (Wildman–Crippen MR) is 232 cm³/mol. The summed E-state index contributed by atoms with van der Waals surface area (Å²) in [4.78, 5) is 16.8. The van der Waals surface area contributed by atoms with E-state index in [4.69, 9.17) is 23.8 Å². The van der Waals surface area contributed by atoms with Crippen molar-refractivity contribution in [3.8, 4) is 45.3 Å². The molecule has 0 spiro atoms. The first kappa shape index (κ1) is 32.1. The number of rotatable bonds is 5. The van der Waals surface area contributed by atoms with Gasteiger partial charge in [-0.05, 0) is 63.9 Å². The molecular weight excluding hydrogens is 721 g/mol. The lowest BCUT2D eigenvalue weighted by molar-refractivity contribution is 0.668. The number of nitrogens with one attached hydrogen (secondary N) is 1. The molecule has 3 aromatic heterocycles. The largest absolute Gasteiger partial charge is 0.456 e. The van der Waals surface area contributed by atoms with Crippen molar-refractivity contribution >= 4 is 72.1 Å². The average molecular weight is 751 g/mol. The van der Waals surface area contributed by atoms with Crippen molar-refractivity contribution in [3.63, 3.8) is 0 Å². The van der Waals surface area contributed by atoms with Gasteiger partial charge in [0.2, 0.25) is 0 Å². The van der Waals surface area contributed by atoms with Crippen molar-refractivity contribution in [2.24, 2.45) is 0 Å². The fraction of sp³-hybridized carbons (Fsp3) is 0.0200. The number of hydrogen-bond acceptors (Lipinski definition) is 7. The first-order valence-corrected chi connectivity index (χ1v) is 19.8. The summed E-state index contributed by atoms with van der Waals surface area (Å²) in [6.45, 7) is 0. The van der Waals surface area contributed by atoms with Crippen LogP contribution in [0.15, 0.2) is 184 Å². The minimum atomic E-state index is -0.0486. The lowest BCUT2D eigenvalue weighted by Gasteiger charge is -2.13. The summed E-state index contributed by atoms with van der Waals surface area (Å²) < 4.78 is 13.1. The molecule has 0 amide bonds. The minimum Gasteiger partial charge on any atom is -0.456 e. The van der Waals surface area contributed by atoms with E-state index in [1.165, 1.54) is 5.39 Å². The van der Waals surface area contributed by atoms with Gasteiger partial charge in [-0.1, -0.05) is 145 Å². The highest BCUT2D eigenvalue weighted by Gasteiger charge is 2.31. The fourth-order valence-corrected chi connectivity index (χ4v) is 9.52. The summed E-state index contributed by atoms with van der Waals surface area (Å²) in [7, 11) is 0. The van der Waals surface area contributed by atoms with Crippen molar-refractivity contribution in [1.29, 1.82) is 0 Å². The van der Waals surface area contributed by atoms with E-state index >= 15 is 0 Å². The van der Waals surface area contributed by atoms with Crippen LogP contribution in [0.25, 0.3) is 99.9 Å². The van der Waals surface area contributed by atoms with Gasteiger partial charge in [-0.15, -0.1) is 0 Å². The molecular formula is C50H30N4O2S. The van der Waals surface area contributed by atoms with Gasteiger partial charge in [0, 0.05) is 37.6 Å². The number of aromatic nitrogens is 3. The standard InChI is InChI=1S/C50H30N4O2S/c1-3-13-29(14-4-1)38-26-33(25-31-17-7-8-18-34(31)38)48-52-47(30-15-5-2-6-16-30)53-49(54-48)39-28-40-46(44-37-20-10-12-22-42(37)56-45(39)44)57-50(51-40)32-23-24-36-35-19-9-11-21-41(35)55-43(36)27-32/h1-28,50-51H. The van der Waals surface area contributed by atoms with Gasteiger partial charge in [-0.25, -0.2) is 15.0 Å². The molecule has 4 heterocycles. The molecule has 268 valence electrons. The molecule has 6 nitrogen and oxygen atoms in total. The molecule has 0 saturated carbocycles. The Labute approximate surface area is 330 Å². The highest BCUT2D eigenvalue weighted by atomic mass is 32.2. The number of nitrogens with zero attached hydrogens (tertiary/aromatic N) is 3. The molecule has 0 saturated heterocycles. The number of benzene rings is 8. The zero-order chi connectivity index (χ0) is 37.5. The number of para-hydroxylation sites is 2. The Balaban J connectivity index is 1.06. The quantitative estimate of drug-likeness (QED) is 0.188. The summed E-state index contributed by atoms with van der Waals surface area (Å²) in [6, 6.07) is 58.6. The van der Waals surface area contributed by atoms with E-state index in [9.17, 15) is 0 Å². The second-order valence-corrected chi connectivity index (χ2v) is 15.5. The average Bonchev–Trinajstić information content (AvgIpc) is 3.99. The molecule has 7 heteroatoms. The second kappa shape index (κ2) is 12.7. The van der Waals surface area contributed by atoms with Crippen molar-refractivity contribution in [3.05, 3.63) is 175 Å². The number of hydrogen-bond donors (Lipinski definition) is 1. The summed E-state index contributed by atoms with van der Waals surface area (Å²) >= 11 is 1.79. The molecule has 8 aromatic carbocycles. The van der Waals surface area contributed by atoms with Crippen molar-refractivity contribution in [1.82, 2.24) is 15.0 Å². The third kappa shape index (κ3) is 5.24. The van der Waals surface area contributed by atoms with Crippen LogP contribution >= 0.6 is 11.8 Å². The van der Waals surface area contributed by atoms with E-state index in [2.05, 4.69) is 115 Å². The van der Waals surface area contributed by atoms with Crippen LogP contribution in [0.2, 0.25) is 0 Å². The third-order valence-corrected chi connectivity index (χ3v) is 12.2. The van der Waals surface area contributed by atoms with Gasteiger partial charge in [0.15, 0.2) is 17.5 Å². The molecule has 11 aromatic rings. The molecule has 1 N–H and O–H groups in total. The number of fused-ring (bicyclic) bond motifs is 9. The Morgan fingerprint density at radius 3 is 1.89 bits per heavy atom. The Bertz CT molecular complexity index is 3380. The Morgan fingerprint density at radius 2 is 1.09 bits per heavy atom. The van der Waals surface area contributed by atoms with Gasteiger partial charge >= 0.3 is 0 Å². The van der Waals surface area contributed by atoms with Gasteiger partial charge in [0.1, 0.15) is 27.7 Å². The summed E-state index contributed by atoms with van der Waals surface area (Å²) in [6.07, 6.45) is 0. The maximum absolute atomic E-state index is 6.76. The molecule has 0 bridgehead atoms.